The van der Waals surface area contributed by atoms with E-state index in [4.69, 9.17) is 5.11 Å². The third-order valence-corrected chi connectivity index (χ3v) is 3.41. The molecule has 0 bridgehead atoms. The summed E-state index contributed by atoms with van der Waals surface area (Å²) in [6.45, 7) is 3.18. The third-order valence-electron chi connectivity index (χ3n) is 3.41. The van der Waals surface area contributed by atoms with Crippen molar-refractivity contribution >= 4 is 11.9 Å². The van der Waals surface area contributed by atoms with Gasteiger partial charge in [-0.25, -0.2) is 0 Å². The predicted octanol–water partition coefficient (Wildman–Crippen LogP) is 0.515. The van der Waals surface area contributed by atoms with Gasteiger partial charge in [0.05, 0.1) is 5.92 Å². The van der Waals surface area contributed by atoms with Crippen LogP contribution in [0, 0.1) is 12.8 Å². The van der Waals surface area contributed by atoms with Crippen molar-refractivity contribution in [1.29, 1.82) is 0 Å². The van der Waals surface area contributed by atoms with Crippen LogP contribution in [0.1, 0.15) is 18.5 Å². The second-order valence-corrected chi connectivity index (χ2v) is 4.62. The summed E-state index contributed by atoms with van der Waals surface area (Å²) >= 11 is 0. The number of hydrogen-bond donors (Lipinski definition) is 1. The number of carbonyl (C=O) groups excluding carboxylic acids is 1. The molecule has 2 heterocycles. The normalized spacial score (nSPS) is 16.8. The lowest BCUT2D eigenvalue weighted by Gasteiger charge is -2.30. The van der Waals surface area contributed by atoms with E-state index in [1.54, 1.807) is 15.8 Å². The van der Waals surface area contributed by atoms with Crippen LogP contribution in [0.4, 0.5) is 0 Å². The zero-order chi connectivity index (χ0) is 13.1. The van der Waals surface area contributed by atoms with Crippen LogP contribution in [0.5, 0.6) is 0 Å². The van der Waals surface area contributed by atoms with E-state index in [1.807, 2.05) is 13.0 Å². The number of nitrogens with zero attached hydrogens (tertiary/aromatic N) is 3. The van der Waals surface area contributed by atoms with Gasteiger partial charge in [-0.05, 0) is 25.8 Å². The molecular formula is C12H17N3O3. The van der Waals surface area contributed by atoms with Crippen LogP contribution in [-0.2, 0) is 16.1 Å². The Bertz CT molecular complexity index is 447. The van der Waals surface area contributed by atoms with Crippen molar-refractivity contribution < 1.29 is 14.7 Å². The van der Waals surface area contributed by atoms with E-state index in [1.165, 1.54) is 0 Å². The number of hydrogen-bond acceptors (Lipinski definition) is 3. The van der Waals surface area contributed by atoms with E-state index in [-0.39, 0.29) is 18.4 Å². The molecule has 2 rings (SSSR count). The highest BCUT2D eigenvalue weighted by atomic mass is 16.4. The topological polar surface area (TPSA) is 75.4 Å². The minimum atomic E-state index is -0.759. The summed E-state index contributed by atoms with van der Waals surface area (Å²) in [7, 11) is 0. The number of aromatic nitrogens is 2. The lowest BCUT2D eigenvalue weighted by atomic mass is 9.97. The van der Waals surface area contributed by atoms with Gasteiger partial charge in [0.25, 0.3) is 0 Å². The molecule has 1 saturated heterocycles. The molecule has 1 aliphatic rings. The van der Waals surface area contributed by atoms with Crippen LogP contribution in [0.15, 0.2) is 12.3 Å². The Morgan fingerprint density at radius 1 is 1.44 bits per heavy atom. The summed E-state index contributed by atoms with van der Waals surface area (Å²) in [5, 5.41) is 13.0. The summed E-state index contributed by atoms with van der Waals surface area (Å²) in [6.07, 6.45) is 2.75. The highest BCUT2D eigenvalue weighted by molar-refractivity contribution is 5.76. The largest absolute Gasteiger partial charge is 0.481 e. The van der Waals surface area contributed by atoms with Gasteiger partial charge in [-0.15, -0.1) is 0 Å². The fourth-order valence-corrected chi connectivity index (χ4v) is 2.17. The van der Waals surface area contributed by atoms with Gasteiger partial charge in [0.1, 0.15) is 6.54 Å². The molecule has 0 spiro atoms. The van der Waals surface area contributed by atoms with Crippen molar-refractivity contribution in [2.75, 3.05) is 13.1 Å². The third kappa shape index (κ3) is 2.69. The second-order valence-electron chi connectivity index (χ2n) is 4.62. The lowest BCUT2D eigenvalue weighted by molar-refractivity contribution is -0.145. The SMILES string of the molecule is Cc1ccnn1CC(=O)N1CCC(C(=O)O)CC1. The Hall–Kier alpha value is -1.85. The number of aliphatic carboxylic acids is 1. The molecule has 0 saturated carbocycles. The van der Waals surface area contributed by atoms with Gasteiger partial charge < -0.3 is 10.0 Å². The monoisotopic (exact) mass is 251 g/mol. The zero-order valence-corrected chi connectivity index (χ0v) is 10.4. The molecular weight excluding hydrogens is 234 g/mol. The molecule has 6 nitrogen and oxygen atoms in total. The molecule has 0 aromatic carbocycles. The number of aryl methyl sites for hydroxylation is 1. The van der Waals surface area contributed by atoms with Crippen LogP contribution in [0.2, 0.25) is 0 Å². The fourth-order valence-electron chi connectivity index (χ4n) is 2.17. The summed E-state index contributed by atoms with van der Waals surface area (Å²) in [6, 6.07) is 1.85. The van der Waals surface area contributed by atoms with Crippen LogP contribution >= 0.6 is 0 Å². The number of carboxylic acid groups (broad SMARTS) is 1. The van der Waals surface area contributed by atoms with E-state index >= 15 is 0 Å². The Balaban J connectivity index is 1.88. The van der Waals surface area contributed by atoms with Gasteiger partial charge in [0.2, 0.25) is 5.91 Å². The summed E-state index contributed by atoms with van der Waals surface area (Å²) in [4.78, 5) is 24.5. The lowest BCUT2D eigenvalue weighted by Crippen LogP contribution is -2.41. The maximum Gasteiger partial charge on any atom is 0.306 e. The Kier molecular flexibility index (Phi) is 3.64. The van der Waals surface area contributed by atoms with Gasteiger partial charge >= 0.3 is 5.97 Å². The van der Waals surface area contributed by atoms with Gasteiger partial charge in [-0.1, -0.05) is 0 Å². The molecule has 0 unspecified atom stereocenters. The van der Waals surface area contributed by atoms with Gasteiger partial charge in [0.15, 0.2) is 0 Å². The maximum atomic E-state index is 12.0. The molecule has 0 aliphatic carbocycles. The highest BCUT2D eigenvalue weighted by Gasteiger charge is 2.27. The molecule has 18 heavy (non-hydrogen) atoms. The number of rotatable bonds is 3. The Morgan fingerprint density at radius 2 is 2.11 bits per heavy atom. The summed E-state index contributed by atoms with van der Waals surface area (Å²) < 4.78 is 1.66. The smallest absolute Gasteiger partial charge is 0.306 e. The first-order chi connectivity index (χ1) is 8.58. The van der Waals surface area contributed by atoms with E-state index in [0.717, 1.165) is 5.69 Å². The molecule has 1 aromatic rings. The molecule has 1 amide bonds. The first-order valence-electron chi connectivity index (χ1n) is 6.07. The summed E-state index contributed by atoms with van der Waals surface area (Å²) in [5.41, 5.74) is 0.948. The Labute approximate surface area is 105 Å². The highest BCUT2D eigenvalue weighted by Crippen LogP contribution is 2.17. The van der Waals surface area contributed by atoms with Crippen molar-refractivity contribution in [1.82, 2.24) is 14.7 Å². The number of carbonyl (C=O) groups is 2. The minimum absolute atomic E-state index is 0.00522. The molecule has 0 radical (unpaired) electrons. The van der Waals surface area contributed by atoms with E-state index in [0.29, 0.717) is 25.9 Å². The first-order valence-corrected chi connectivity index (χ1v) is 6.07. The molecule has 98 valence electrons. The van der Waals surface area contributed by atoms with Crippen LogP contribution in [0.3, 0.4) is 0 Å². The fraction of sp³-hybridized carbons (Fsp3) is 0.583. The van der Waals surface area contributed by atoms with Crippen LogP contribution in [-0.4, -0.2) is 44.8 Å². The van der Waals surface area contributed by atoms with E-state index in [2.05, 4.69) is 5.10 Å². The van der Waals surface area contributed by atoms with E-state index in [9.17, 15) is 9.59 Å². The van der Waals surface area contributed by atoms with Gasteiger partial charge in [-0.2, -0.15) is 5.10 Å². The average Bonchev–Trinajstić information content (AvgIpc) is 2.75. The predicted molar refractivity (Wildman–Crippen MR) is 63.9 cm³/mol. The molecule has 1 aliphatic heterocycles. The zero-order valence-electron chi connectivity index (χ0n) is 10.4. The Morgan fingerprint density at radius 3 is 2.61 bits per heavy atom. The molecule has 0 atom stereocenters. The number of amides is 1. The second kappa shape index (κ2) is 5.20. The maximum absolute atomic E-state index is 12.0. The number of likely N-dealkylation sites (tertiary alicyclic amines) is 1. The summed E-state index contributed by atoms with van der Waals surface area (Å²) in [5.74, 6) is -1.06. The van der Waals surface area contributed by atoms with Crippen molar-refractivity contribution in [3.8, 4) is 0 Å². The van der Waals surface area contributed by atoms with Crippen molar-refractivity contribution in [2.45, 2.75) is 26.3 Å². The van der Waals surface area contributed by atoms with Gasteiger partial charge in [0, 0.05) is 25.0 Å². The van der Waals surface area contributed by atoms with Crippen LogP contribution in [0.25, 0.3) is 0 Å². The molecule has 1 N–H and O–H groups in total. The van der Waals surface area contributed by atoms with Crippen LogP contribution < -0.4 is 0 Å². The van der Waals surface area contributed by atoms with Crippen molar-refractivity contribution in [2.24, 2.45) is 5.92 Å². The average molecular weight is 251 g/mol. The number of carboxylic acids is 1. The molecule has 1 fully saturated rings. The number of piperidine rings is 1. The van der Waals surface area contributed by atoms with Crippen molar-refractivity contribution in [3.63, 3.8) is 0 Å². The van der Waals surface area contributed by atoms with E-state index < -0.39 is 5.97 Å². The molecule has 6 heteroatoms. The van der Waals surface area contributed by atoms with Gasteiger partial charge in [-0.3, -0.25) is 14.3 Å². The van der Waals surface area contributed by atoms with Crippen molar-refractivity contribution in [3.05, 3.63) is 18.0 Å². The quantitative estimate of drug-likeness (QED) is 0.849. The minimum Gasteiger partial charge on any atom is -0.481 e. The first kappa shape index (κ1) is 12.6. The molecule has 1 aromatic heterocycles. The standard InChI is InChI=1S/C12H17N3O3/c1-9-2-5-13-15(9)8-11(16)14-6-3-10(4-7-14)12(17)18/h2,5,10H,3-4,6-8H2,1H3,(H,17,18).